The number of unbranched alkanes of at least 4 members (excludes halogenated alkanes) is 2. The number of rotatable bonds is 11. The van der Waals surface area contributed by atoms with Crippen molar-refractivity contribution in [2.45, 2.75) is 65.0 Å². The average Bonchev–Trinajstić information content (AvgIpc) is 2.41. The number of aliphatic carboxylic acids is 1. The minimum atomic E-state index is -1.00. The first kappa shape index (κ1) is 19.7. The maximum absolute atomic E-state index is 12.2. The molecule has 0 rings (SSSR count). The molecule has 21 heavy (non-hydrogen) atoms. The highest BCUT2D eigenvalue weighted by Crippen LogP contribution is 2.06. The summed E-state index contributed by atoms with van der Waals surface area (Å²) in [6.45, 7) is 7.13. The summed E-state index contributed by atoms with van der Waals surface area (Å²) in [7, 11) is 1.57. The molecular formula is C15H30N2O4. The summed E-state index contributed by atoms with van der Waals surface area (Å²) >= 11 is 0. The minimum Gasteiger partial charge on any atom is -0.480 e. The first-order valence-electron chi connectivity index (χ1n) is 7.72. The summed E-state index contributed by atoms with van der Waals surface area (Å²) in [4.78, 5) is 25.2. The Kier molecular flexibility index (Phi) is 10.7. The van der Waals surface area contributed by atoms with Gasteiger partial charge in [0.1, 0.15) is 6.04 Å². The fourth-order valence-electron chi connectivity index (χ4n) is 2.05. The van der Waals surface area contributed by atoms with Crippen molar-refractivity contribution in [3.8, 4) is 0 Å². The molecule has 0 saturated carbocycles. The second-order valence-electron chi connectivity index (χ2n) is 5.47. The fraction of sp³-hybridized carbons (Fsp3) is 0.867. The van der Waals surface area contributed by atoms with Crippen LogP contribution in [0.2, 0.25) is 0 Å². The van der Waals surface area contributed by atoms with Gasteiger partial charge in [0.2, 0.25) is 0 Å². The van der Waals surface area contributed by atoms with Crippen LogP contribution in [0.3, 0.4) is 0 Å². The van der Waals surface area contributed by atoms with Crippen LogP contribution in [-0.2, 0) is 9.53 Å². The zero-order valence-corrected chi connectivity index (χ0v) is 13.7. The Bertz CT molecular complexity index is 308. The van der Waals surface area contributed by atoms with Gasteiger partial charge in [0.05, 0.1) is 0 Å². The van der Waals surface area contributed by atoms with Gasteiger partial charge in [0.15, 0.2) is 0 Å². The number of nitrogens with zero attached hydrogens (tertiary/aromatic N) is 1. The van der Waals surface area contributed by atoms with Gasteiger partial charge >= 0.3 is 12.0 Å². The number of methoxy groups -OCH3 is 1. The summed E-state index contributed by atoms with van der Waals surface area (Å²) in [6, 6.07) is -1.11. The van der Waals surface area contributed by atoms with Gasteiger partial charge in [0.25, 0.3) is 0 Å². The standard InChI is InChI=1S/C15H30N2O4/c1-5-6-7-10-17(12(2)3)15(20)16-13(14(18)19)9-8-11-21-4/h12-13H,5-11H2,1-4H3,(H,16,20)(H,18,19). The van der Waals surface area contributed by atoms with E-state index in [0.717, 1.165) is 19.3 Å². The molecule has 6 nitrogen and oxygen atoms in total. The molecule has 0 aromatic rings. The van der Waals surface area contributed by atoms with E-state index in [9.17, 15) is 14.7 Å². The van der Waals surface area contributed by atoms with Gasteiger partial charge in [-0.15, -0.1) is 0 Å². The van der Waals surface area contributed by atoms with Gasteiger partial charge in [0, 0.05) is 26.3 Å². The number of ether oxygens (including phenoxy) is 1. The van der Waals surface area contributed by atoms with E-state index in [4.69, 9.17) is 4.74 Å². The molecule has 0 radical (unpaired) electrons. The smallest absolute Gasteiger partial charge is 0.326 e. The van der Waals surface area contributed by atoms with E-state index in [1.165, 1.54) is 0 Å². The van der Waals surface area contributed by atoms with Gasteiger partial charge < -0.3 is 20.1 Å². The van der Waals surface area contributed by atoms with Crippen LogP contribution in [0.5, 0.6) is 0 Å². The van der Waals surface area contributed by atoms with Crippen LogP contribution in [0.15, 0.2) is 0 Å². The van der Waals surface area contributed by atoms with Crippen molar-refractivity contribution in [1.29, 1.82) is 0 Å². The van der Waals surface area contributed by atoms with Crippen molar-refractivity contribution in [3.63, 3.8) is 0 Å². The lowest BCUT2D eigenvalue weighted by atomic mass is 10.1. The largest absolute Gasteiger partial charge is 0.480 e. The molecule has 0 aliphatic rings. The third-order valence-corrected chi connectivity index (χ3v) is 3.32. The molecule has 0 heterocycles. The maximum atomic E-state index is 12.2. The van der Waals surface area contributed by atoms with Crippen LogP contribution in [0.25, 0.3) is 0 Å². The minimum absolute atomic E-state index is 0.0512. The molecule has 0 bridgehead atoms. The Morgan fingerprint density at radius 1 is 1.24 bits per heavy atom. The first-order valence-corrected chi connectivity index (χ1v) is 7.72. The Labute approximate surface area is 127 Å². The SMILES string of the molecule is CCCCCN(C(=O)NC(CCCOC)C(=O)O)C(C)C. The van der Waals surface area contributed by atoms with Crippen LogP contribution in [-0.4, -0.2) is 54.4 Å². The van der Waals surface area contributed by atoms with Gasteiger partial charge in [-0.25, -0.2) is 9.59 Å². The van der Waals surface area contributed by atoms with E-state index in [-0.39, 0.29) is 12.1 Å². The van der Waals surface area contributed by atoms with E-state index < -0.39 is 12.0 Å². The quantitative estimate of drug-likeness (QED) is 0.575. The van der Waals surface area contributed by atoms with Crippen LogP contribution in [0.4, 0.5) is 4.79 Å². The lowest BCUT2D eigenvalue weighted by molar-refractivity contribution is -0.139. The van der Waals surface area contributed by atoms with Crippen molar-refractivity contribution in [2.75, 3.05) is 20.3 Å². The van der Waals surface area contributed by atoms with Crippen molar-refractivity contribution in [3.05, 3.63) is 0 Å². The number of carboxylic acid groups (broad SMARTS) is 1. The molecule has 0 aliphatic heterocycles. The van der Waals surface area contributed by atoms with Crippen LogP contribution in [0.1, 0.15) is 52.9 Å². The first-order chi connectivity index (χ1) is 9.93. The summed E-state index contributed by atoms with van der Waals surface area (Å²) in [5.41, 5.74) is 0. The summed E-state index contributed by atoms with van der Waals surface area (Å²) in [5, 5.41) is 11.8. The van der Waals surface area contributed by atoms with Crippen LogP contribution in [0, 0.1) is 0 Å². The molecule has 0 aromatic heterocycles. The van der Waals surface area contributed by atoms with Crippen LogP contribution >= 0.6 is 0 Å². The molecule has 124 valence electrons. The molecule has 0 saturated heterocycles. The monoisotopic (exact) mass is 302 g/mol. The highest BCUT2D eigenvalue weighted by molar-refractivity contribution is 5.82. The predicted octanol–water partition coefficient (Wildman–Crippen LogP) is 2.48. The summed E-state index contributed by atoms with van der Waals surface area (Å²) in [6.07, 6.45) is 4.06. The van der Waals surface area contributed by atoms with Crippen molar-refractivity contribution >= 4 is 12.0 Å². The van der Waals surface area contributed by atoms with E-state index >= 15 is 0 Å². The average molecular weight is 302 g/mol. The molecule has 1 atom stereocenters. The number of carbonyl (C=O) groups excluding carboxylic acids is 1. The Morgan fingerprint density at radius 3 is 2.38 bits per heavy atom. The summed E-state index contributed by atoms with van der Waals surface area (Å²) in [5.74, 6) is -1.00. The number of urea groups is 1. The molecule has 0 aromatic carbocycles. The van der Waals surface area contributed by atoms with E-state index in [0.29, 0.717) is 26.0 Å². The molecule has 1 unspecified atom stereocenters. The number of hydrogen-bond donors (Lipinski definition) is 2. The van der Waals surface area contributed by atoms with E-state index in [1.54, 1.807) is 12.0 Å². The number of hydrogen-bond acceptors (Lipinski definition) is 3. The third-order valence-electron chi connectivity index (χ3n) is 3.32. The molecule has 2 N–H and O–H groups in total. The lowest BCUT2D eigenvalue weighted by Crippen LogP contribution is -2.50. The molecule has 0 spiro atoms. The normalized spacial score (nSPS) is 12.2. The zero-order valence-electron chi connectivity index (χ0n) is 13.7. The summed E-state index contributed by atoms with van der Waals surface area (Å²) < 4.78 is 4.91. The Hall–Kier alpha value is -1.30. The zero-order chi connectivity index (χ0) is 16.3. The number of carboxylic acids is 1. The molecule has 2 amide bonds. The van der Waals surface area contributed by atoms with E-state index in [2.05, 4.69) is 12.2 Å². The van der Waals surface area contributed by atoms with Gasteiger partial charge in [-0.05, 0) is 33.1 Å². The molecule has 0 fully saturated rings. The van der Waals surface area contributed by atoms with E-state index in [1.807, 2.05) is 13.8 Å². The molecular weight excluding hydrogens is 272 g/mol. The second-order valence-corrected chi connectivity index (χ2v) is 5.47. The van der Waals surface area contributed by atoms with Crippen molar-refractivity contribution in [1.82, 2.24) is 10.2 Å². The fourth-order valence-corrected chi connectivity index (χ4v) is 2.05. The van der Waals surface area contributed by atoms with Gasteiger partial charge in [-0.1, -0.05) is 19.8 Å². The van der Waals surface area contributed by atoms with Crippen molar-refractivity contribution < 1.29 is 19.4 Å². The predicted molar refractivity (Wildman–Crippen MR) is 82.4 cm³/mol. The molecule has 6 heteroatoms. The second kappa shape index (κ2) is 11.4. The number of amides is 2. The van der Waals surface area contributed by atoms with Crippen LogP contribution < -0.4 is 5.32 Å². The maximum Gasteiger partial charge on any atom is 0.326 e. The lowest BCUT2D eigenvalue weighted by Gasteiger charge is -2.28. The number of carbonyl (C=O) groups is 2. The Balaban J connectivity index is 4.49. The van der Waals surface area contributed by atoms with Gasteiger partial charge in [-0.2, -0.15) is 0 Å². The number of nitrogens with one attached hydrogen (secondary N) is 1. The van der Waals surface area contributed by atoms with Gasteiger partial charge in [-0.3, -0.25) is 0 Å². The topological polar surface area (TPSA) is 78.9 Å². The highest BCUT2D eigenvalue weighted by Gasteiger charge is 2.23. The Morgan fingerprint density at radius 2 is 1.90 bits per heavy atom. The highest BCUT2D eigenvalue weighted by atomic mass is 16.5. The van der Waals surface area contributed by atoms with Crippen molar-refractivity contribution in [2.24, 2.45) is 0 Å². The molecule has 0 aliphatic carbocycles. The third kappa shape index (κ3) is 8.55.